The fourth-order valence-electron chi connectivity index (χ4n) is 2.20. The number of carbonyl (C=O) groups excluding carboxylic acids is 1. The Bertz CT molecular complexity index is 521. The molecule has 0 aromatic carbocycles. The van der Waals surface area contributed by atoms with E-state index in [0.29, 0.717) is 32.0 Å². The summed E-state index contributed by atoms with van der Waals surface area (Å²) in [5.41, 5.74) is 0. The summed E-state index contributed by atoms with van der Waals surface area (Å²) in [6, 6.07) is 3.40. The van der Waals surface area contributed by atoms with Crippen molar-refractivity contribution >= 4 is 5.91 Å². The van der Waals surface area contributed by atoms with Crippen molar-refractivity contribution in [3.8, 4) is 0 Å². The van der Waals surface area contributed by atoms with Crippen LogP contribution in [0, 0.1) is 0 Å². The summed E-state index contributed by atoms with van der Waals surface area (Å²) in [7, 11) is 0. The summed E-state index contributed by atoms with van der Waals surface area (Å²) in [6.07, 6.45) is 6.86. The van der Waals surface area contributed by atoms with Gasteiger partial charge in [0.1, 0.15) is 0 Å². The standard InChI is InChI=1S/C13H15N3O3/c17-13(12-2-1-6-19-12)16-5-7-18-11(9-16)8-15-4-3-14-10-15/h1-4,6,10-11H,5,7-9H2. The SMILES string of the molecule is O=C(c1ccco1)N1CCOC(Cn2ccnc2)C1. The van der Waals surface area contributed by atoms with E-state index < -0.39 is 0 Å². The van der Waals surface area contributed by atoms with Crippen LogP contribution >= 0.6 is 0 Å². The topological polar surface area (TPSA) is 60.5 Å². The average Bonchev–Trinajstić information content (AvgIpc) is 3.11. The van der Waals surface area contributed by atoms with E-state index in [4.69, 9.17) is 9.15 Å². The van der Waals surface area contributed by atoms with Gasteiger partial charge in [0, 0.05) is 25.5 Å². The first-order chi connectivity index (χ1) is 9.33. The summed E-state index contributed by atoms with van der Waals surface area (Å²) in [5, 5.41) is 0. The fraction of sp³-hybridized carbons (Fsp3) is 0.385. The molecule has 1 unspecified atom stereocenters. The third kappa shape index (κ3) is 2.68. The molecular formula is C13H15N3O3. The van der Waals surface area contributed by atoms with E-state index in [0.717, 1.165) is 0 Å². The van der Waals surface area contributed by atoms with Crippen LogP contribution < -0.4 is 0 Å². The highest BCUT2D eigenvalue weighted by molar-refractivity contribution is 5.91. The van der Waals surface area contributed by atoms with Crippen LogP contribution in [0.3, 0.4) is 0 Å². The van der Waals surface area contributed by atoms with Crippen LogP contribution in [0.15, 0.2) is 41.5 Å². The van der Waals surface area contributed by atoms with E-state index in [1.54, 1.807) is 29.6 Å². The lowest BCUT2D eigenvalue weighted by atomic mass is 10.2. The van der Waals surface area contributed by atoms with Gasteiger partial charge in [0.15, 0.2) is 5.76 Å². The molecule has 1 amide bonds. The molecule has 0 saturated carbocycles. The third-order valence-corrected chi connectivity index (χ3v) is 3.13. The summed E-state index contributed by atoms with van der Waals surface area (Å²) < 4.78 is 12.8. The van der Waals surface area contributed by atoms with Crippen LogP contribution in [0.4, 0.5) is 0 Å². The molecule has 3 heterocycles. The van der Waals surface area contributed by atoms with Gasteiger partial charge in [-0.2, -0.15) is 0 Å². The van der Waals surface area contributed by atoms with E-state index in [2.05, 4.69) is 4.98 Å². The molecule has 6 nitrogen and oxygen atoms in total. The van der Waals surface area contributed by atoms with Gasteiger partial charge in [-0.15, -0.1) is 0 Å². The molecule has 19 heavy (non-hydrogen) atoms. The Morgan fingerprint density at radius 2 is 2.47 bits per heavy atom. The molecule has 0 bridgehead atoms. The Kier molecular flexibility index (Phi) is 3.33. The second-order valence-corrected chi connectivity index (χ2v) is 4.48. The maximum atomic E-state index is 12.2. The number of hydrogen-bond acceptors (Lipinski definition) is 4. The lowest BCUT2D eigenvalue weighted by molar-refractivity contribution is -0.0294. The smallest absolute Gasteiger partial charge is 0.289 e. The largest absolute Gasteiger partial charge is 0.459 e. The molecule has 0 radical (unpaired) electrons. The van der Waals surface area contributed by atoms with Crippen LogP contribution in [0.2, 0.25) is 0 Å². The number of carbonyl (C=O) groups is 1. The number of nitrogens with zero attached hydrogens (tertiary/aromatic N) is 3. The van der Waals surface area contributed by atoms with Crippen LogP contribution in [-0.2, 0) is 11.3 Å². The maximum absolute atomic E-state index is 12.2. The van der Waals surface area contributed by atoms with E-state index in [1.807, 2.05) is 10.8 Å². The predicted molar refractivity (Wildman–Crippen MR) is 66.6 cm³/mol. The number of hydrogen-bond donors (Lipinski definition) is 0. The highest BCUT2D eigenvalue weighted by Crippen LogP contribution is 2.12. The number of furan rings is 1. The first-order valence-electron chi connectivity index (χ1n) is 6.23. The fourth-order valence-corrected chi connectivity index (χ4v) is 2.20. The summed E-state index contributed by atoms with van der Waals surface area (Å²) in [4.78, 5) is 17.9. The van der Waals surface area contributed by atoms with Crippen molar-refractivity contribution in [2.75, 3.05) is 19.7 Å². The molecule has 100 valence electrons. The molecule has 0 N–H and O–H groups in total. The molecule has 2 aromatic heterocycles. The molecule has 1 atom stereocenters. The van der Waals surface area contributed by atoms with Crippen molar-refractivity contribution in [3.63, 3.8) is 0 Å². The Balaban J connectivity index is 1.63. The minimum atomic E-state index is -0.0797. The first kappa shape index (κ1) is 12.0. The summed E-state index contributed by atoms with van der Waals surface area (Å²) in [5.74, 6) is 0.298. The van der Waals surface area contributed by atoms with Gasteiger partial charge in [0.05, 0.1) is 31.8 Å². The maximum Gasteiger partial charge on any atom is 0.289 e. The lowest BCUT2D eigenvalue weighted by Gasteiger charge is -2.32. The second kappa shape index (κ2) is 5.27. The van der Waals surface area contributed by atoms with Gasteiger partial charge in [-0.3, -0.25) is 4.79 Å². The monoisotopic (exact) mass is 261 g/mol. The van der Waals surface area contributed by atoms with E-state index in [9.17, 15) is 4.79 Å². The Labute approximate surface area is 110 Å². The molecule has 1 aliphatic heterocycles. The third-order valence-electron chi connectivity index (χ3n) is 3.13. The predicted octanol–water partition coefficient (Wildman–Crippen LogP) is 1.02. The number of morpholine rings is 1. The van der Waals surface area contributed by atoms with Gasteiger partial charge in [0.25, 0.3) is 5.91 Å². The molecule has 1 aliphatic rings. The van der Waals surface area contributed by atoms with Gasteiger partial charge in [0.2, 0.25) is 0 Å². The van der Waals surface area contributed by atoms with Gasteiger partial charge in [-0.25, -0.2) is 4.98 Å². The molecule has 6 heteroatoms. The van der Waals surface area contributed by atoms with Crippen molar-refractivity contribution in [2.24, 2.45) is 0 Å². The number of aromatic nitrogens is 2. The van der Waals surface area contributed by atoms with Crippen molar-refractivity contribution in [1.29, 1.82) is 0 Å². The Hall–Kier alpha value is -2.08. The average molecular weight is 261 g/mol. The van der Waals surface area contributed by atoms with Crippen molar-refractivity contribution in [1.82, 2.24) is 14.5 Å². The molecular weight excluding hydrogens is 246 g/mol. The highest BCUT2D eigenvalue weighted by atomic mass is 16.5. The Morgan fingerprint density at radius 3 is 3.21 bits per heavy atom. The van der Waals surface area contributed by atoms with Crippen LogP contribution in [0.1, 0.15) is 10.6 Å². The molecule has 1 fully saturated rings. The van der Waals surface area contributed by atoms with E-state index >= 15 is 0 Å². The number of ether oxygens (including phenoxy) is 1. The zero-order chi connectivity index (χ0) is 13.1. The van der Waals surface area contributed by atoms with E-state index in [-0.39, 0.29) is 12.0 Å². The zero-order valence-corrected chi connectivity index (χ0v) is 10.4. The Morgan fingerprint density at radius 1 is 1.53 bits per heavy atom. The van der Waals surface area contributed by atoms with Crippen LogP contribution in [-0.4, -0.2) is 46.2 Å². The zero-order valence-electron chi connectivity index (χ0n) is 10.4. The van der Waals surface area contributed by atoms with Crippen molar-refractivity contribution < 1.29 is 13.9 Å². The van der Waals surface area contributed by atoms with Gasteiger partial charge in [-0.1, -0.05) is 0 Å². The number of imidazole rings is 1. The molecule has 0 aliphatic carbocycles. The number of amides is 1. The van der Waals surface area contributed by atoms with Gasteiger partial charge < -0.3 is 18.6 Å². The molecule has 0 spiro atoms. The second-order valence-electron chi connectivity index (χ2n) is 4.48. The van der Waals surface area contributed by atoms with Crippen LogP contribution in [0.5, 0.6) is 0 Å². The van der Waals surface area contributed by atoms with Gasteiger partial charge in [-0.05, 0) is 12.1 Å². The molecule has 2 aromatic rings. The van der Waals surface area contributed by atoms with Gasteiger partial charge >= 0.3 is 0 Å². The van der Waals surface area contributed by atoms with Crippen LogP contribution in [0.25, 0.3) is 0 Å². The lowest BCUT2D eigenvalue weighted by Crippen LogP contribution is -2.46. The summed E-state index contributed by atoms with van der Waals surface area (Å²) in [6.45, 7) is 2.41. The van der Waals surface area contributed by atoms with Crippen molar-refractivity contribution in [2.45, 2.75) is 12.6 Å². The molecule has 1 saturated heterocycles. The first-order valence-corrected chi connectivity index (χ1v) is 6.23. The number of rotatable bonds is 3. The van der Waals surface area contributed by atoms with E-state index in [1.165, 1.54) is 6.26 Å². The van der Waals surface area contributed by atoms with Crippen molar-refractivity contribution in [3.05, 3.63) is 42.9 Å². The normalized spacial score (nSPS) is 19.6. The minimum absolute atomic E-state index is 0.0122. The highest BCUT2D eigenvalue weighted by Gasteiger charge is 2.26. The quantitative estimate of drug-likeness (QED) is 0.827. The summed E-state index contributed by atoms with van der Waals surface area (Å²) >= 11 is 0. The molecule has 3 rings (SSSR count). The minimum Gasteiger partial charge on any atom is -0.459 e.